The van der Waals surface area contributed by atoms with E-state index in [0.717, 1.165) is 5.57 Å². The van der Waals surface area contributed by atoms with Gasteiger partial charge in [0.1, 0.15) is 0 Å². The smallest absolute Gasteiger partial charge is 0.330 e. The number of carbonyl (C=O) groups is 1. The van der Waals surface area contributed by atoms with Crippen molar-refractivity contribution in [2.45, 2.75) is 13.8 Å². The lowest BCUT2D eigenvalue weighted by atomic mass is 10.1. The number of rotatable bonds is 3. The van der Waals surface area contributed by atoms with Crippen LogP contribution in [0.25, 0.3) is 0 Å². The van der Waals surface area contributed by atoms with E-state index < -0.39 is 5.97 Å². The minimum Gasteiger partial charge on any atom is -0.478 e. The lowest BCUT2D eigenvalue weighted by Crippen LogP contribution is -1.92. The molecule has 0 radical (unpaired) electrons. The van der Waals surface area contributed by atoms with Crippen molar-refractivity contribution in [1.82, 2.24) is 0 Å². The molecular weight excluding hydrogens is 190 g/mol. The van der Waals surface area contributed by atoms with Gasteiger partial charge in [0.05, 0.1) is 6.07 Å². The zero-order valence-corrected chi connectivity index (χ0v) is 9.08. The first-order valence-corrected chi connectivity index (χ1v) is 4.15. The fraction of sp³-hybridized carbons (Fsp3) is 0.167. The van der Waals surface area contributed by atoms with Crippen LogP contribution < -0.4 is 0 Å². The number of aliphatic carboxylic acids is 1. The molecule has 0 aliphatic rings. The van der Waals surface area contributed by atoms with Gasteiger partial charge in [-0.1, -0.05) is 31.9 Å². The van der Waals surface area contributed by atoms with Crippen LogP contribution in [0, 0.1) is 11.3 Å². The highest BCUT2D eigenvalue weighted by Gasteiger charge is 1.90. The van der Waals surface area contributed by atoms with E-state index in [9.17, 15) is 4.79 Å². The van der Waals surface area contributed by atoms with Gasteiger partial charge in [0.2, 0.25) is 0 Å². The number of nitrogens with zero attached hydrogens (tertiary/aromatic N) is 1. The van der Waals surface area contributed by atoms with Gasteiger partial charge in [0.25, 0.3) is 0 Å². The molecule has 0 saturated carbocycles. The van der Waals surface area contributed by atoms with Gasteiger partial charge in [-0.25, -0.2) is 4.79 Å². The molecule has 0 rings (SSSR count). The van der Waals surface area contributed by atoms with E-state index in [4.69, 9.17) is 10.4 Å². The van der Waals surface area contributed by atoms with Crippen LogP contribution in [-0.2, 0) is 4.79 Å². The maximum Gasteiger partial charge on any atom is 0.330 e. The van der Waals surface area contributed by atoms with Crippen LogP contribution >= 0.6 is 0 Å². The van der Waals surface area contributed by atoms with E-state index in [0.29, 0.717) is 5.57 Å². The Hall–Kier alpha value is -2.08. The van der Waals surface area contributed by atoms with E-state index in [1.807, 2.05) is 6.07 Å². The van der Waals surface area contributed by atoms with Crippen LogP contribution in [0.3, 0.4) is 0 Å². The Balaban J connectivity index is 0. The predicted octanol–water partition coefficient (Wildman–Crippen LogP) is 2.85. The van der Waals surface area contributed by atoms with Crippen LogP contribution in [0.1, 0.15) is 13.8 Å². The van der Waals surface area contributed by atoms with Crippen LogP contribution in [-0.4, -0.2) is 11.1 Å². The molecule has 0 heterocycles. The average Bonchev–Trinajstić information content (AvgIpc) is 2.20. The third-order valence-corrected chi connectivity index (χ3v) is 1.41. The first-order chi connectivity index (χ1) is 6.90. The molecule has 0 unspecified atom stereocenters. The van der Waals surface area contributed by atoms with Gasteiger partial charge in [0.15, 0.2) is 0 Å². The maximum absolute atomic E-state index is 9.60. The van der Waals surface area contributed by atoms with E-state index in [1.165, 1.54) is 6.92 Å². The van der Waals surface area contributed by atoms with Gasteiger partial charge in [-0.3, -0.25) is 0 Å². The summed E-state index contributed by atoms with van der Waals surface area (Å²) >= 11 is 0. The average molecular weight is 205 g/mol. The molecular formula is C12H15NO2. The molecule has 0 aliphatic heterocycles. The molecule has 0 aromatic rings. The summed E-state index contributed by atoms with van der Waals surface area (Å²) in [5.74, 6) is -0.935. The highest BCUT2D eigenvalue weighted by Crippen LogP contribution is 2.03. The highest BCUT2D eigenvalue weighted by atomic mass is 16.4. The molecule has 0 aromatic heterocycles. The fourth-order valence-electron chi connectivity index (χ4n) is 0.454. The number of carboxylic acid groups (broad SMARTS) is 1. The molecule has 0 bridgehead atoms. The summed E-state index contributed by atoms with van der Waals surface area (Å²) in [4.78, 5) is 9.60. The van der Waals surface area contributed by atoms with Crippen LogP contribution in [0.15, 0.2) is 48.6 Å². The zero-order valence-electron chi connectivity index (χ0n) is 9.08. The Bertz CT molecular complexity index is 321. The largest absolute Gasteiger partial charge is 0.478 e. The summed E-state index contributed by atoms with van der Waals surface area (Å²) in [6.07, 6.45) is 3.23. The lowest BCUT2D eigenvalue weighted by molar-refractivity contribution is -0.132. The molecule has 0 fully saturated rings. The second-order valence-electron chi connectivity index (χ2n) is 2.69. The summed E-state index contributed by atoms with van der Waals surface area (Å²) in [6, 6.07) is 2.00. The van der Waals surface area contributed by atoms with E-state index in [2.05, 4.69) is 19.7 Å². The van der Waals surface area contributed by atoms with Crippen LogP contribution in [0.4, 0.5) is 0 Å². The fourth-order valence-corrected chi connectivity index (χ4v) is 0.454. The summed E-state index contributed by atoms with van der Waals surface area (Å²) in [5, 5.41) is 16.3. The Morgan fingerprint density at radius 3 is 1.73 bits per heavy atom. The Morgan fingerprint density at radius 2 is 1.67 bits per heavy atom. The Labute approximate surface area is 90.3 Å². The predicted molar refractivity (Wildman–Crippen MR) is 61.2 cm³/mol. The topological polar surface area (TPSA) is 61.1 Å². The molecule has 0 amide bonds. The van der Waals surface area contributed by atoms with Crippen molar-refractivity contribution in [3.8, 4) is 6.07 Å². The first-order valence-electron chi connectivity index (χ1n) is 4.15. The number of carboxylic acids is 1. The lowest BCUT2D eigenvalue weighted by Gasteiger charge is -1.89. The van der Waals surface area contributed by atoms with Gasteiger partial charge in [-0.2, -0.15) is 5.26 Å². The van der Waals surface area contributed by atoms with Crippen molar-refractivity contribution in [3.63, 3.8) is 0 Å². The molecule has 3 nitrogen and oxygen atoms in total. The van der Waals surface area contributed by atoms with Crippen molar-refractivity contribution in [2.24, 2.45) is 0 Å². The van der Waals surface area contributed by atoms with Crippen molar-refractivity contribution < 1.29 is 9.90 Å². The molecule has 1 N–H and O–H groups in total. The van der Waals surface area contributed by atoms with Crippen LogP contribution in [0.2, 0.25) is 0 Å². The summed E-state index contributed by atoms with van der Waals surface area (Å²) in [6.45, 7) is 13.4. The quantitative estimate of drug-likeness (QED) is 0.438. The van der Waals surface area contributed by atoms with E-state index in [1.54, 1.807) is 19.1 Å². The Morgan fingerprint density at radius 1 is 1.33 bits per heavy atom. The van der Waals surface area contributed by atoms with Crippen molar-refractivity contribution in [1.29, 1.82) is 5.26 Å². The molecule has 0 aliphatic carbocycles. The molecule has 80 valence electrons. The van der Waals surface area contributed by atoms with Crippen LogP contribution in [0.5, 0.6) is 0 Å². The first kappa shape index (κ1) is 15.4. The minimum absolute atomic E-state index is 0.176. The van der Waals surface area contributed by atoms with Gasteiger partial charge in [-0.15, -0.1) is 0 Å². The zero-order chi connectivity index (χ0) is 12.4. The number of nitriles is 1. The van der Waals surface area contributed by atoms with Crippen molar-refractivity contribution in [3.05, 3.63) is 48.6 Å². The summed E-state index contributed by atoms with van der Waals surface area (Å²) in [7, 11) is 0. The Kier molecular flexibility index (Phi) is 8.74. The van der Waals surface area contributed by atoms with Gasteiger partial charge < -0.3 is 5.11 Å². The summed E-state index contributed by atoms with van der Waals surface area (Å²) in [5.41, 5.74) is 1.63. The number of hydrogen-bond acceptors (Lipinski definition) is 2. The van der Waals surface area contributed by atoms with Gasteiger partial charge in [-0.05, 0) is 19.4 Å². The minimum atomic E-state index is -0.935. The second kappa shape index (κ2) is 8.52. The maximum atomic E-state index is 9.60. The third kappa shape index (κ3) is 8.26. The monoisotopic (exact) mass is 205 g/mol. The number of allylic oxidation sites excluding steroid dienone is 4. The van der Waals surface area contributed by atoms with Crippen molar-refractivity contribution in [2.75, 3.05) is 0 Å². The molecule has 15 heavy (non-hydrogen) atoms. The van der Waals surface area contributed by atoms with Gasteiger partial charge >= 0.3 is 5.97 Å². The summed E-state index contributed by atoms with van der Waals surface area (Å²) < 4.78 is 0. The molecule has 0 atom stereocenters. The van der Waals surface area contributed by atoms with E-state index >= 15 is 0 Å². The second-order valence-corrected chi connectivity index (χ2v) is 2.69. The molecule has 0 spiro atoms. The highest BCUT2D eigenvalue weighted by molar-refractivity contribution is 5.84. The third-order valence-electron chi connectivity index (χ3n) is 1.41. The van der Waals surface area contributed by atoms with Crippen molar-refractivity contribution >= 4 is 5.97 Å². The standard InChI is InChI=1S/C8H9N.C4H6O2/c1-4-8(5-2)7(3)6-9;1-3(2)4(5)6/h4-5H,1-2H2,3H3;1H2,2H3,(H,5,6). The van der Waals surface area contributed by atoms with Gasteiger partial charge in [0, 0.05) is 11.1 Å². The molecule has 0 aromatic carbocycles. The molecule has 0 saturated heterocycles. The normalized spacial score (nSPS) is 7.27. The molecule has 3 heteroatoms. The number of hydrogen-bond donors (Lipinski definition) is 1. The SMILES string of the molecule is C=C(C)C(=O)O.C=CC(C=C)=C(C)C#N. The van der Waals surface area contributed by atoms with E-state index in [-0.39, 0.29) is 5.57 Å².